The minimum Gasteiger partial charge on any atom is -0.494 e. The summed E-state index contributed by atoms with van der Waals surface area (Å²) < 4.78 is 33.7. The quantitative estimate of drug-likeness (QED) is 0.237. The number of carbonyl (C=O) groups is 2. The maximum Gasteiger partial charge on any atom is 0.265 e. The van der Waals surface area contributed by atoms with E-state index in [1.165, 1.54) is 35.9 Å². The van der Waals surface area contributed by atoms with Crippen LogP contribution in [0.4, 0.5) is 0 Å². The summed E-state index contributed by atoms with van der Waals surface area (Å²) in [6.45, 7) is 3.36. The molecule has 0 atom stereocenters. The second kappa shape index (κ2) is 12.7. The highest BCUT2D eigenvalue weighted by Crippen LogP contribution is 2.39. The van der Waals surface area contributed by atoms with Crippen LogP contribution in [0, 0.1) is 0 Å². The SMILES string of the molecule is COc1c(C(=O)NCCN2CCCC2)sc2c1c(=O)n(CC(=O)c1ccccc1)c1ccccc21.CS(=O)(=O)O. The van der Waals surface area contributed by atoms with Crippen LogP contribution >= 0.6 is 11.3 Å². The number of ether oxygens (including phenoxy) is 1. The van der Waals surface area contributed by atoms with Crippen molar-refractivity contribution in [3.63, 3.8) is 0 Å². The third-order valence-corrected chi connectivity index (χ3v) is 7.69. The minimum absolute atomic E-state index is 0.102. The first-order valence-corrected chi connectivity index (χ1v) is 15.4. The van der Waals surface area contributed by atoms with E-state index in [1.807, 2.05) is 30.3 Å². The number of methoxy groups -OCH3 is 1. The van der Waals surface area contributed by atoms with Crippen LogP contribution in [0.3, 0.4) is 0 Å². The zero-order valence-corrected chi connectivity index (χ0v) is 23.9. The molecule has 1 fully saturated rings. The fraction of sp³-hybridized carbons (Fsp3) is 0.321. The Morgan fingerprint density at radius 2 is 1.68 bits per heavy atom. The molecule has 40 heavy (non-hydrogen) atoms. The van der Waals surface area contributed by atoms with Crippen LogP contribution in [0.1, 0.15) is 32.9 Å². The Labute approximate surface area is 235 Å². The first-order chi connectivity index (χ1) is 19.1. The summed E-state index contributed by atoms with van der Waals surface area (Å²) in [6, 6.07) is 16.4. The summed E-state index contributed by atoms with van der Waals surface area (Å²) in [5.41, 5.74) is 0.852. The van der Waals surface area contributed by atoms with Gasteiger partial charge in [0.05, 0.1) is 30.1 Å². The van der Waals surface area contributed by atoms with Gasteiger partial charge in [0, 0.05) is 24.0 Å². The molecule has 0 bridgehead atoms. The van der Waals surface area contributed by atoms with Gasteiger partial charge >= 0.3 is 0 Å². The summed E-state index contributed by atoms with van der Waals surface area (Å²) in [6.07, 6.45) is 3.11. The van der Waals surface area contributed by atoms with Gasteiger partial charge in [-0.3, -0.25) is 23.5 Å². The maximum absolute atomic E-state index is 13.7. The number of hydrogen-bond acceptors (Lipinski definition) is 8. The molecule has 1 amide bonds. The Kier molecular flexibility index (Phi) is 9.36. The van der Waals surface area contributed by atoms with Gasteiger partial charge < -0.3 is 15.0 Å². The van der Waals surface area contributed by atoms with E-state index >= 15 is 0 Å². The van der Waals surface area contributed by atoms with Crippen molar-refractivity contribution in [1.82, 2.24) is 14.8 Å². The number of benzene rings is 2. The van der Waals surface area contributed by atoms with E-state index in [4.69, 9.17) is 9.29 Å². The topological polar surface area (TPSA) is 135 Å². The third-order valence-electron chi connectivity index (χ3n) is 6.48. The Balaban J connectivity index is 0.000000681. The minimum atomic E-state index is -3.67. The van der Waals surface area contributed by atoms with E-state index in [1.54, 1.807) is 24.3 Å². The van der Waals surface area contributed by atoms with Gasteiger partial charge in [0.15, 0.2) is 11.5 Å². The molecule has 0 saturated carbocycles. The smallest absolute Gasteiger partial charge is 0.265 e. The molecule has 4 aromatic rings. The van der Waals surface area contributed by atoms with Gasteiger partial charge in [-0.1, -0.05) is 48.5 Å². The summed E-state index contributed by atoms with van der Waals surface area (Å²) in [7, 11) is -2.20. The van der Waals surface area contributed by atoms with Crippen molar-refractivity contribution in [1.29, 1.82) is 0 Å². The average molecular weight is 586 g/mol. The lowest BCUT2D eigenvalue weighted by molar-refractivity contribution is 0.0948. The van der Waals surface area contributed by atoms with Crippen LogP contribution in [-0.2, 0) is 16.7 Å². The number of ketones is 1. The second-order valence-electron chi connectivity index (χ2n) is 9.40. The molecule has 2 aromatic heterocycles. The maximum atomic E-state index is 13.7. The molecule has 10 nitrogen and oxygen atoms in total. The monoisotopic (exact) mass is 585 g/mol. The lowest BCUT2D eigenvalue weighted by Gasteiger charge is -2.14. The average Bonchev–Trinajstić information content (AvgIpc) is 3.58. The van der Waals surface area contributed by atoms with E-state index in [2.05, 4.69) is 10.2 Å². The molecule has 2 aromatic carbocycles. The Morgan fingerprint density at radius 1 is 1.05 bits per heavy atom. The molecule has 1 aliphatic rings. The van der Waals surface area contributed by atoms with Crippen LogP contribution in [-0.4, -0.2) is 73.7 Å². The van der Waals surface area contributed by atoms with Crippen molar-refractivity contribution in [3.05, 3.63) is 75.4 Å². The van der Waals surface area contributed by atoms with Crippen LogP contribution in [0.25, 0.3) is 21.0 Å². The largest absolute Gasteiger partial charge is 0.494 e. The normalized spacial score (nSPS) is 13.7. The molecule has 3 heterocycles. The number of aromatic nitrogens is 1. The van der Waals surface area contributed by atoms with Crippen molar-refractivity contribution >= 4 is 54.1 Å². The number of thiophene rings is 1. The number of amides is 1. The highest BCUT2D eigenvalue weighted by Gasteiger charge is 2.25. The standard InChI is InChI=1S/C27H27N3O4S.CH4O3S/c1-34-23-22-24(35-25(23)26(32)28-13-16-29-14-7-8-15-29)19-11-5-6-12-20(19)30(27(22)33)17-21(31)18-9-3-2-4-10-18;1-5(2,3)4/h2-6,9-12H,7-8,13-17H2,1H3,(H,28,32);1H3,(H,2,3,4). The molecule has 12 heteroatoms. The first-order valence-electron chi connectivity index (χ1n) is 12.7. The number of carbonyl (C=O) groups excluding carboxylic acids is 2. The summed E-state index contributed by atoms with van der Waals surface area (Å²) in [4.78, 5) is 42.5. The number of hydrogen-bond donors (Lipinski definition) is 2. The molecule has 0 radical (unpaired) electrons. The van der Waals surface area contributed by atoms with Crippen molar-refractivity contribution in [2.75, 3.05) is 39.5 Å². The van der Waals surface area contributed by atoms with E-state index in [0.717, 1.165) is 25.0 Å². The Hall–Kier alpha value is -3.58. The highest BCUT2D eigenvalue weighted by molar-refractivity contribution is 7.85. The molecule has 2 N–H and O–H groups in total. The van der Waals surface area contributed by atoms with Crippen LogP contribution in [0.5, 0.6) is 5.75 Å². The molecule has 1 saturated heterocycles. The highest BCUT2D eigenvalue weighted by atomic mass is 32.2. The molecule has 0 unspecified atom stereocenters. The summed E-state index contributed by atoms with van der Waals surface area (Å²) in [5.74, 6) is -0.149. The van der Waals surface area contributed by atoms with Gasteiger partial charge in [-0.25, -0.2) is 0 Å². The van der Waals surface area contributed by atoms with Crippen molar-refractivity contribution in [2.45, 2.75) is 19.4 Å². The van der Waals surface area contributed by atoms with E-state index in [0.29, 0.717) is 38.8 Å². The van der Waals surface area contributed by atoms with E-state index in [-0.39, 0.29) is 29.5 Å². The number of fused-ring (bicyclic) bond motifs is 3. The van der Waals surface area contributed by atoms with Gasteiger partial charge in [-0.2, -0.15) is 8.42 Å². The number of pyridine rings is 1. The van der Waals surface area contributed by atoms with Gasteiger partial charge in [0.25, 0.3) is 21.6 Å². The number of nitrogens with one attached hydrogen (secondary N) is 1. The first kappa shape index (κ1) is 29.4. The summed E-state index contributed by atoms with van der Waals surface area (Å²) >= 11 is 1.26. The van der Waals surface area contributed by atoms with E-state index in [9.17, 15) is 22.8 Å². The van der Waals surface area contributed by atoms with Crippen molar-refractivity contribution in [3.8, 4) is 5.75 Å². The van der Waals surface area contributed by atoms with Gasteiger partial charge in [-0.15, -0.1) is 11.3 Å². The summed E-state index contributed by atoms with van der Waals surface area (Å²) in [5, 5.41) is 4.13. The second-order valence-corrected chi connectivity index (χ2v) is 11.9. The molecule has 1 aliphatic heterocycles. The molecule has 0 spiro atoms. The van der Waals surface area contributed by atoms with Gasteiger partial charge in [-0.05, 0) is 32.0 Å². The number of para-hydroxylation sites is 1. The molecule has 5 rings (SSSR count). The predicted octanol–water partition coefficient (Wildman–Crippen LogP) is 3.44. The zero-order valence-electron chi connectivity index (χ0n) is 22.3. The van der Waals surface area contributed by atoms with Crippen LogP contribution in [0.2, 0.25) is 0 Å². The number of Topliss-reactive ketones (excluding diaryl/α,β-unsaturated/α-hetero) is 1. The zero-order chi connectivity index (χ0) is 28.9. The number of rotatable bonds is 8. The Morgan fingerprint density at radius 3 is 2.33 bits per heavy atom. The number of nitrogens with zero attached hydrogens (tertiary/aromatic N) is 2. The van der Waals surface area contributed by atoms with E-state index < -0.39 is 10.1 Å². The van der Waals surface area contributed by atoms with Crippen molar-refractivity contribution < 1.29 is 27.3 Å². The van der Waals surface area contributed by atoms with Crippen LogP contribution in [0.15, 0.2) is 59.4 Å². The third kappa shape index (κ3) is 6.94. The van der Waals surface area contributed by atoms with Gasteiger partial charge in [0.2, 0.25) is 0 Å². The van der Waals surface area contributed by atoms with Crippen molar-refractivity contribution in [2.24, 2.45) is 0 Å². The van der Waals surface area contributed by atoms with Crippen LogP contribution < -0.4 is 15.6 Å². The lowest BCUT2D eigenvalue weighted by atomic mass is 10.1. The number of likely N-dealkylation sites (tertiary alicyclic amines) is 1. The van der Waals surface area contributed by atoms with Gasteiger partial charge in [0.1, 0.15) is 10.3 Å². The molecular weight excluding hydrogens is 554 g/mol. The molecular formula is C28H31N3O7S2. The predicted molar refractivity (Wildman–Crippen MR) is 156 cm³/mol. The fourth-order valence-electron chi connectivity index (χ4n) is 4.72. The molecule has 212 valence electrons. The lowest BCUT2D eigenvalue weighted by Crippen LogP contribution is -2.33. The molecule has 0 aliphatic carbocycles. The Bertz CT molecular complexity index is 1680. The fourth-order valence-corrected chi connectivity index (χ4v) is 5.93.